The van der Waals surface area contributed by atoms with Crippen LogP contribution in [0.2, 0.25) is 0 Å². The number of hydrogen-bond acceptors (Lipinski definition) is 4. The van der Waals surface area contributed by atoms with E-state index < -0.39 is 15.9 Å². The van der Waals surface area contributed by atoms with Crippen LogP contribution in [-0.2, 0) is 21.2 Å². The Bertz CT molecular complexity index is 1010. The minimum absolute atomic E-state index is 0.0134. The van der Waals surface area contributed by atoms with Gasteiger partial charge in [0, 0.05) is 10.9 Å². The SMILES string of the molecule is NC(=O)Cc1ccc2[nH]nc(-c3cccc(S(N)(=O)=O)c3)c2c1. The van der Waals surface area contributed by atoms with E-state index in [4.69, 9.17) is 10.9 Å². The fraction of sp³-hybridized carbons (Fsp3) is 0.0667. The molecule has 0 saturated carbocycles. The van der Waals surface area contributed by atoms with Crippen molar-refractivity contribution < 1.29 is 13.2 Å². The zero-order valence-corrected chi connectivity index (χ0v) is 12.8. The van der Waals surface area contributed by atoms with E-state index in [-0.39, 0.29) is 11.3 Å². The van der Waals surface area contributed by atoms with Gasteiger partial charge in [-0.25, -0.2) is 13.6 Å². The smallest absolute Gasteiger partial charge is 0.238 e. The first-order valence-corrected chi connectivity index (χ1v) is 8.28. The van der Waals surface area contributed by atoms with Gasteiger partial charge in [0.2, 0.25) is 15.9 Å². The summed E-state index contributed by atoms with van der Waals surface area (Å²) < 4.78 is 23.0. The molecule has 118 valence electrons. The van der Waals surface area contributed by atoms with Crippen LogP contribution in [0.15, 0.2) is 47.4 Å². The van der Waals surface area contributed by atoms with Crippen LogP contribution < -0.4 is 10.9 Å². The summed E-state index contributed by atoms with van der Waals surface area (Å²) in [6.07, 6.45) is 0.123. The summed E-state index contributed by atoms with van der Waals surface area (Å²) in [7, 11) is -3.79. The second-order valence-electron chi connectivity index (χ2n) is 5.17. The van der Waals surface area contributed by atoms with E-state index in [2.05, 4.69) is 10.2 Å². The molecule has 0 atom stereocenters. The molecule has 3 rings (SSSR count). The number of primary amides is 1. The van der Waals surface area contributed by atoms with Gasteiger partial charge in [-0.05, 0) is 29.8 Å². The lowest BCUT2D eigenvalue weighted by Gasteiger charge is -2.03. The number of carbonyl (C=O) groups is 1. The van der Waals surface area contributed by atoms with Gasteiger partial charge in [0.1, 0.15) is 0 Å². The maximum absolute atomic E-state index is 11.5. The average molecular weight is 330 g/mol. The predicted molar refractivity (Wildman–Crippen MR) is 85.8 cm³/mol. The predicted octanol–water partition coefficient (Wildman–Crippen LogP) is 0.905. The molecule has 0 spiro atoms. The molecule has 0 bridgehead atoms. The van der Waals surface area contributed by atoms with Crippen molar-refractivity contribution in [2.24, 2.45) is 10.9 Å². The number of H-pyrrole nitrogens is 1. The first-order valence-electron chi connectivity index (χ1n) is 6.73. The van der Waals surface area contributed by atoms with Gasteiger partial charge in [-0.2, -0.15) is 5.10 Å². The molecule has 0 unspecified atom stereocenters. The second kappa shape index (κ2) is 5.49. The number of benzene rings is 2. The van der Waals surface area contributed by atoms with Gasteiger partial charge in [-0.3, -0.25) is 9.89 Å². The van der Waals surface area contributed by atoms with Crippen molar-refractivity contribution in [1.29, 1.82) is 0 Å². The van der Waals surface area contributed by atoms with E-state index in [0.717, 1.165) is 16.5 Å². The number of primary sulfonamides is 1. The van der Waals surface area contributed by atoms with Crippen molar-refractivity contribution in [2.75, 3.05) is 0 Å². The van der Waals surface area contributed by atoms with Crippen LogP contribution in [-0.4, -0.2) is 24.5 Å². The summed E-state index contributed by atoms with van der Waals surface area (Å²) in [5.41, 5.74) is 7.94. The molecule has 0 saturated heterocycles. The molecular weight excluding hydrogens is 316 g/mol. The monoisotopic (exact) mass is 330 g/mol. The van der Waals surface area contributed by atoms with Crippen molar-refractivity contribution in [2.45, 2.75) is 11.3 Å². The Morgan fingerprint density at radius 2 is 1.96 bits per heavy atom. The van der Waals surface area contributed by atoms with Crippen molar-refractivity contribution in [3.8, 4) is 11.3 Å². The van der Waals surface area contributed by atoms with Crippen molar-refractivity contribution in [1.82, 2.24) is 10.2 Å². The average Bonchev–Trinajstić information content (AvgIpc) is 2.89. The molecule has 5 N–H and O–H groups in total. The van der Waals surface area contributed by atoms with E-state index in [1.807, 2.05) is 6.07 Å². The molecule has 2 aromatic carbocycles. The minimum atomic E-state index is -3.79. The van der Waals surface area contributed by atoms with E-state index in [9.17, 15) is 13.2 Å². The van der Waals surface area contributed by atoms with Crippen molar-refractivity contribution in [3.63, 3.8) is 0 Å². The summed E-state index contributed by atoms with van der Waals surface area (Å²) in [6.45, 7) is 0. The number of aromatic amines is 1. The molecule has 1 amide bonds. The Morgan fingerprint density at radius 1 is 1.17 bits per heavy atom. The van der Waals surface area contributed by atoms with Crippen LogP contribution in [0.25, 0.3) is 22.2 Å². The number of fused-ring (bicyclic) bond motifs is 1. The summed E-state index contributed by atoms with van der Waals surface area (Å²) in [5, 5.41) is 13.0. The lowest BCUT2D eigenvalue weighted by molar-refractivity contribution is -0.117. The third kappa shape index (κ3) is 3.08. The number of nitrogens with zero attached hydrogens (tertiary/aromatic N) is 1. The third-order valence-electron chi connectivity index (χ3n) is 3.44. The fourth-order valence-corrected chi connectivity index (χ4v) is 2.97. The summed E-state index contributed by atoms with van der Waals surface area (Å²) in [5.74, 6) is -0.425. The molecule has 23 heavy (non-hydrogen) atoms. The quantitative estimate of drug-likeness (QED) is 0.655. The lowest BCUT2D eigenvalue weighted by atomic mass is 10.0. The highest BCUT2D eigenvalue weighted by Crippen LogP contribution is 2.28. The highest BCUT2D eigenvalue weighted by atomic mass is 32.2. The van der Waals surface area contributed by atoms with E-state index in [1.54, 1.807) is 24.3 Å². The fourth-order valence-electron chi connectivity index (χ4n) is 2.41. The van der Waals surface area contributed by atoms with Gasteiger partial charge in [0.15, 0.2) is 0 Å². The topological polar surface area (TPSA) is 132 Å². The molecule has 0 aliphatic carbocycles. The number of aromatic nitrogens is 2. The normalized spacial score (nSPS) is 11.7. The number of nitrogens with two attached hydrogens (primary N) is 2. The first kappa shape index (κ1) is 15.2. The Morgan fingerprint density at radius 3 is 2.65 bits per heavy atom. The van der Waals surface area contributed by atoms with E-state index >= 15 is 0 Å². The maximum Gasteiger partial charge on any atom is 0.238 e. The van der Waals surface area contributed by atoms with Crippen LogP contribution in [0.3, 0.4) is 0 Å². The highest BCUT2D eigenvalue weighted by molar-refractivity contribution is 7.89. The Labute approximate surface area is 132 Å². The molecule has 1 heterocycles. The van der Waals surface area contributed by atoms with Gasteiger partial charge in [0.25, 0.3) is 0 Å². The molecule has 7 nitrogen and oxygen atoms in total. The minimum Gasteiger partial charge on any atom is -0.369 e. The zero-order chi connectivity index (χ0) is 16.6. The second-order valence-corrected chi connectivity index (χ2v) is 6.73. The lowest BCUT2D eigenvalue weighted by Crippen LogP contribution is -2.13. The van der Waals surface area contributed by atoms with Crippen molar-refractivity contribution in [3.05, 3.63) is 48.0 Å². The van der Waals surface area contributed by atoms with Crippen LogP contribution >= 0.6 is 0 Å². The highest BCUT2D eigenvalue weighted by Gasteiger charge is 2.13. The zero-order valence-electron chi connectivity index (χ0n) is 12.0. The van der Waals surface area contributed by atoms with Crippen molar-refractivity contribution >= 4 is 26.8 Å². The van der Waals surface area contributed by atoms with Crippen LogP contribution in [0.4, 0.5) is 0 Å². The molecule has 0 radical (unpaired) electrons. The molecule has 3 aromatic rings. The van der Waals surface area contributed by atoms with Gasteiger partial charge in [-0.15, -0.1) is 0 Å². The van der Waals surface area contributed by atoms with Gasteiger partial charge in [0.05, 0.1) is 22.5 Å². The number of carbonyl (C=O) groups excluding carboxylic acids is 1. The molecule has 8 heteroatoms. The molecule has 0 aliphatic rings. The summed E-state index contributed by atoms with van der Waals surface area (Å²) >= 11 is 0. The number of hydrogen-bond donors (Lipinski definition) is 3. The number of sulfonamides is 1. The molecule has 0 aliphatic heterocycles. The van der Waals surface area contributed by atoms with Gasteiger partial charge >= 0.3 is 0 Å². The van der Waals surface area contributed by atoms with Gasteiger partial charge < -0.3 is 5.73 Å². The van der Waals surface area contributed by atoms with Crippen LogP contribution in [0.1, 0.15) is 5.56 Å². The van der Waals surface area contributed by atoms with E-state index in [0.29, 0.717) is 11.3 Å². The number of rotatable bonds is 4. The Hall–Kier alpha value is -2.71. The van der Waals surface area contributed by atoms with Gasteiger partial charge in [-0.1, -0.05) is 18.2 Å². The van der Waals surface area contributed by atoms with E-state index in [1.165, 1.54) is 12.1 Å². The maximum atomic E-state index is 11.5. The first-order chi connectivity index (χ1) is 10.8. The number of amides is 1. The molecular formula is C15H14N4O3S. The summed E-state index contributed by atoms with van der Waals surface area (Å²) in [6, 6.07) is 11.6. The standard InChI is InChI=1S/C15H14N4O3S/c16-14(20)7-9-4-5-13-12(6-9)15(19-18-13)10-2-1-3-11(8-10)23(17,21)22/h1-6,8H,7H2,(H2,16,20)(H,18,19)(H2,17,21,22). The van der Waals surface area contributed by atoms with Crippen LogP contribution in [0.5, 0.6) is 0 Å². The molecule has 0 fully saturated rings. The Kier molecular flexibility index (Phi) is 3.63. The number of nitrogens with one attached hydrogen (secondary N) is 1. The van der Waals surface area contributed by atoms with Crippen LogP contribution in [0, 0.1) is 0 Å². The molecule has 1 aromatic heterocycles. The third-order valence-corrected chi connectivity index (χ3v) is 4.35. The summed E-state index contributed by atoms with van der Waals surface area (Å²) in [4.78, 5) is 11.1. The Balaban J connectivity index is 2.15. The largest absolute Gasteiger partial charge is 0.369 e.